The van der Waals surface area contributed by atoms with Crippen LogP contribution in [0.1, 0.15) is 5.56 Å². The Labute approximate surface area is 141 Å². The summed E-state index contributed by atoms with van der Waals surface area (Å²) in [7, 11) is 4.09. The van der Waals surface area contributed by atoms with Gasteiger partial charge in [-0.25, -0.2) is 9.56 Å². The van der Waals surface area contributed by atoms with Crippen LogP contribution >= 0.6 is 11.3 Å². The normalized spacial score (nSPS) is 10.0. The van der Waals surface area contributed by atoms with E-state index in [1.165, 1.54) is 10.2 Å². The van der Waals surface area contributed by atoms with E-state index in [0.29, 0.717) is 0 Å². The molecule has 0 atom stereocenters. The van der Waals surface area contributed by atoms with Crippen molar-refractivity contribution < 1.29 is 17.1 Å². The van der Waals surface area contributed by atoms with Crippen molar-refractivity contribution in [3.05, 3.63) is 41.3 Å². The van der Waals surface area contributed by atoms with Crippen molar-refractivity contribution >= 4 is 34.9 Å². The van der Waals surface area contributed by atoms with Gasteiger partial charge in [-0.3, -0.25) is 0 Å². The van der Waals surface area contributed by atoms with E-state index in [9.17, 15) is 0 Å². The maximum absolute atomic E-state index is 8.47. The van der Waals surface area contributed by atoms with E-state index in [0.717, 1.165) is 27.2 Å². The van der Waals surface area contributed by atoms with E-state index in [2.05, 4.69) is 28.8 Å². The first-order valence-electron chi connectivity index (χ1n) is 6.97. The van der Waals surface area contributed by atoms with E-state index in [1.807, 2.05) is 27.1 Å². The molecule has 1 aliphatic carbocycles. The van der Waals surface area contributed by atoms with Crippen molar-refractivity contribution in [1.29, 1.82) is 1.34 Å². The number of nitrogen functional groups attached to an aromatic ring is 1. The molecule has 3 rings (SSSR count). The van der Waals surface area contributed by atoms with Crippen LogP contribution < -0.4 is 28.1 Å². The van der Waals surface area contributed by atoms with Crippen molar-refractivity contribution in [3.63, 3.8) is 0 Å². The fraction of sp³-hybridized carbons (Fsp3) is 0.200. The van der Waals surface area contributed by atoms with E-state index in [4.69, 9.17) is 16.8 Å². The van der Waals surface area contributed by atoms with Crippen LogP contribution in [0, 0.1) is 6.92 Å². The molecule has 0 amide bonds. The Balaban J connectivity index is 0.000000615. The van der Waals surface area contributed by atoms with Crippen LogP contribution in [-0.2, 0) is 4.70 Å². The molecule has 0 saturated heterocycles. The SMILES string of the molecule is Cc1cc2nc3ccc(=[N+](C)C)cc-3sc2cc1N.[3H]B=O.[Cl-]. The molecule has 114 valence electrons. The van der Waals surface area contributed by atoms with E-state index >= 15 is 0 Å². The standard InChI is InChI=1S/C15H15N3S.BHO.ClH/c1-9-6-13-15(8-11(9)16)19-14-7-10(18(2)3)4-5-12(14)17-13;1-2;/h4-8,16H,1-3H3;1H;1H/i;1T;. The zero-order chi connectivity index (χ0) is 16.3. The third-order valence-corrected chi connectivity index (χ3v) is 4.36. The molecule has 1 aromatic rings. The van der Waals surface area contributed by atoms with Gasteiger partial charge in [0.2, 0.25) is 5.36 Å². The predicted molar refractivity (Wildman–Crippen MR) is 90.3 cm³/mol. The van der Waals surface area contributed by atoms with E-state index in [1.54, 1.807) is 11.3 Å². The van der Waals surface area contributed by atoms with Gasteiger partial charge in [-0.15, -0.1) is 11.3 Å². The van der Waals surface area contributed by atoms with Gasteiger partial charge in [0.15, 0.2) is 0 Å². The van der Waals surface area contributed by atoms with Gasteiger partial charge in [-0.1, -0.05) is 0 Å². The Hall–Kier alpha value is -1.79. The second-order valence-electron chi connectivity index (χ2n) is 4.94. The summed E-state index contributed by atoms with van der Waals surface area (Å²) in [6, 6.07) is 10.4. The van der Waals surface area contributed by atoms with Gasteiger partial charge in [0.1, 0.15) is 14.1 Å². The average molecular weight is 336 g/mol. The Kier molecular flexibility index (Phi) is 5.63. The summed E-state index contributed by atoms with van der Waals surface area (Å²) >= 11 is 1.74. The van der Waals surface area contributed by atoms with E-state index < -0.39 is 0 Å². The fourth-order valence-electron chi connectivity index (χ4n) is 2.06. The Morgan fingerprint density at radius 1 is 1.32 bits per heavy atom. The Morgan fingerprint density at radius 2 is 2.00 bits per heavy atom. The first kappa shape index (κ1) is 16.6. The van der Waals surface area contributed by atoms with Crippen LogP contribution in [-0.4, -0.2) is 28.1 Å². The molecular weight excluding hydrogens is 317 g/mol. The fourth-order valence-corrected chi connectivity index (χ4v) is 3.09. The molecule has 0 aromatic heterocycles. The van der Waals surface area contributed by atoms with Crippen molar-refractivity contribution in [2.24, 2.45) is 0 Å². The number of aromatic nitrogens is 1. The third-order valence-electron chi connectivity index (χ3n) is 3.27. The molecule has 2 N–H and O–H groups in total. The van der Waals surface area contributed by atoms with Gasteiger partial charge >= 0.3 is 13.7 Å². The number of hydrogen-bond donors (Lipinski definition) is 1. The number of hydrogen-bond acceptors (Lipinski definition) is 4. The predicted octanol–water partition coefficient (Wildman–Crippen LogP) is -1.44. The average Bonchev–Trinajstić information content (AvgIpc) is 2.47. The number of rotatable bonds is 0. The summed E-state index contributed by atoms with van der Waals surface area (Å²) in [5.74, 6) is 0. The largest absolute Gasteiger partial charge is 1.00 e. The van der Waals surface area contributed by atoms with Gasteiger partial charge in [-0.2, -0.15) is 0 Å². The molecule has 0 saturated carbocycles. The van der Waals surface area contributed by atoms with Gasteiger partial charge in [-0.05, 0) is 30.7 Å². The molecular formula is C15H17BClN3OS. The van der Waals surface area contributed by atoms with E-state index in [-0.39, 0.29) is 20.1 Å². The third kappa shape index (κ3) is 3.51. The maximum atomic E-state index is 8.47. The first-order chi connectivity index (χ1) is 10.5. The van der Waals surface area contributed by atoms with Crippen molar-refractivity contribution in [3.8, 4) is 10.6 Å². The summed E-state index contributed by atoms with van der Waals surface area (Å²) in [5, 5.41) is 1.19. The molecule has 0 bridgehead atoms. The van der Waals surface area contributed by atoms with Gasteiger partial charge in [0.25, 0.3) is 0 Å². The van der Waals surface area contributed by atoms with Crippen molar-refractivity contribution in [1.82, 2.24) is 9.56 Å². The number of fused-ring (bicyclic) bond motifs is 2. The molecule has 1 heterocycles. The number of nitrogens with two attached hydrogens (primary N) is 1. The number of anilines is 1. The summed E-state index contributed by atoms with van der Waals surface area (Å²) in [6.07, 6.45) is 0. The zero-order valence-electron chi connectivity index (χ0n) is 13.6. The van der Waals surface area contributed by atoms with Crippen LogP contribution in [0.3, 0.4) is 0 Å². The topological polar surface area (TPSA) is 59.0 Å². The Bertz CT molecular complexity index is 880. The second kappa shape index (κ2) is 7.47. The smallest absolute Gasteiger partial charge is 1.00 e. The molecule has 22 heavy (non-hydrogen) atoms. The molecule has 1 aromatic carbocycles. The van der Waals surface area contributed by atoms with Crippen LogP contribution in [0.5, 0.6) is 0 Å². The minimum Gasteiger partial charge on any atom is -1.00 e. The summed E-state index contributed by atoms with van der Waals surface area (Å²) < 4.78 is 17.2. The van der Waals surface area contributed by atoms with Gasteiger partial charge in [0.05, 0.1) is 20.8 Å². The quantitative estimate of drug-likeness (QED) is 0.237. The van der Waals surface area contributed by atoms with Crippen LogP contribution in [0.25, 0.3) is 20.8 Å². The monoisotopic (exact) mass is 335 g/mol. The van der Waals surface area contributed by atoms with Crippen molar-refractivity contribution in [2.45, 2.75) is 6.92 Å². The minimum absolute atomic E-state index is 0. The van der Waals surface area contributed by atoms with Crippen LogP contribution in [0.15, 0.2) is 30.3 Å². The summed E-state index contributed by atoms with van der Waals surface area (Å²) in [5.41, 5.74) is 9.94. The molecule has 2 aliphatic rings. The molecule has 4 nitrogen and oxygen atoms in total. The number of benzene rings is 2. The summed E-state index contributed by atoms with van der Waals surface area (Å²) in [6.45, 7) is 2.01. The molecule has 0 spiro atoms. The van der Waals surface area contributed by atoms with Crippen molar-refractivity contribution in [2.75, 3.05) is 19.8 Å². The van der Waals surface area contributed by atoms with Gasteiger partial charge < -0.3 is 18.1 Å². The molecule has 7 heteroatoms. The molecule has 1 aliphatic heterocycles. The summed E-state index contributed by atoms with van der Waals surface area (Å²) in [4.78, 5) is 5.90. The molecule has 0 unspecified atom stereocenters. The number of nitrogens with zero attached hydrogens (tertiary/aromatic N) is 2. The molecule has 0 radical (unpaired) electrons. The van der Waals surface area contributed by atoms with Crippen LogP contribution in [0.4, 0.5) is 5.69 Å². The minimum atomic E-state index is 0. The maximum Gasteiger partial charge on any atom is -1.00 e. The first-order valence-corrected chi connectivity index (χ1v) is 7.21. The zero-order valence-corrected chi connectivity index (χ0v) is 14.2. The second-order valence-corrected chi connectivity index (χ2v) is 6.02. The number of halogens is 1. The van der Waals surface area contributed by atoms with Gasteiger partial charge in [0, 0.05) is 17.8 Å². The van der Waals surface area contributed by atoms with Crippen LogP contribution in [0.2, 0.25) is 0 Å². The Morgan fingerprint density at radius 3 is 2.64 bits per heavy atom. The number of aryl methyl sites for hydroxylation is 1. The molecule has 0 fully saturated rings.